The predicted molar refractivity (Wildman–Crippen MR) is 127 cm³/mol. The monoisotopic (exact) mass is 487 g/mol. The van der Waals surface area contributed by atoms with Gasteiger partial charge in [0.25, 0.3) is 0 Å². The van der Waals surface area contributed by atoms with Gasteiger partial charge in [-0.05, 0) is 37.3 Å². The van der Waals surface area contributed by atoms with Crippen LogP contribution in [0, 0.1) is 0 Å². The Labute approximate surface area is 198 Å². The molecule has 10 heteroatoms. The lowest BCUT2D eigenvalue weighted by molar-refractivity contribution is -0.117. The fourth-order valence-corrected chi connectivity index (χ4v) is 4.29. The first-order valence-electron chi connectivity index (χ1n) is 9.89. The third kappa shape index (κ3) is 3.97. The number of hydrogen-bond donors (Lipinski definition) is 1. The van der Waals surface area contributed by atoms with Gasteiger partial charge in [-0.2, -0.15) is 0 Å². The molecule has 2 aromatic heterocycles. The summed E-state index contributed by atoms with van der Waals surface area (Å²) in [5, 5.41) is 1.53. The lowest BCUT2D eigenvalue weighted by atomic mass is 10.0. The van der Waals surface area contributed by atoms with Crippen LogP contribution in [0.5, 0.6) is 5.75 Å². The van der Waals surface area contributed by atoms with Gasteiger partial charge in [-0.3, -0.25) is 14.6 Å². The van der Waals surface area contributed by atoms with Crippen LogP contribution in [0.25, 0.3) is 21.9 Å². The summed E-state index contributed by atoms with van der Waals surface area (Å²) in [6, 6.07) is 8.37. The van der Waals surface area contributed by atoms with E-state index in [1.807, 2.05) is 0 Å². The van der Waals surface area contributed by atoms with Gasteiger partial charge >= 0.3 is 0 Å². The zero-order chi connectivity index (χ0) is 23.7. The van der Waals surface area contributed by atoms with E-state index in [4.69, 9.17) is 42.8 Å². The Morgan fingerprint density at radius 2 is 1.97 bits per heavy atom. The number of methoxy groups -OCH3 is 1. The zero-order valence-corrected chi connectivity index (χ0v) is 19.2. The van der Waals surface area contributed by atoms with Gasteiger partial charge in [0.1, 0.15) is 5.58 Å². The van der Waals surface area contributed by atoms with Crippen molar-refractivity contribution in [2.45, 2.75) is 13.2 Å². The summed E-state index contributed by atoms with van der Waals surface area (Å²) < 4.78 is 17.0. The number of anilines is 2. The number of carbonyl (C=O) groups excluding carboxylic acids is 2. The minimum absolute atomic E-state index is 0.227. The summed E-state index contributed by atoms with van der Waals surface area (Å²) in [6.45, 7) is 2.03. The highest BCUT2D eigenvalue weighted by Crippen LogP contribution is 2.42. The summed E-state index contributed by atoms with van der Waals surface area (Å²) in [5.74, 6) is -0.169. The second-order valence-electron chi connectivity index (χ2n) is 6.97. The number of furan rings is 1. The molecular weight excluding hydrogens is 469 g/mol. The smallest absolute Gasteiger partial charge is 0.249 e. The summed E-state index contributed by atoms with van der Waals surface area (Å²) in [7, 11) is 1.50. The van der Waals surface area contributed by atoms with E-state index in [9.17, 15) is 9.59 Å². The molecule has 4 rings (SSSR count). The number of fused-ring (bicyclic) bond motifs is 3. The Hall–Kier alpha value is -3.33. The summed E-state index contributed by atoms with van der Waals surface area (Å²) in [6.07, 6.45) is 2.45. The summed E-state index contributed by atoms with van der Waals surface area (Å²) in [4.78, 5) is 29.7. The Balaban J connectivity index is 2.04. The molecule has 0 radical (unpaired) electrons. The van der Waals surface area contributed by atoms with Crippen LogP contribution in [0.15, 0.2) is 47.1 Å². The van der Waals surface area contributed by atoms with Crippen LogP contribution < -0.4 is 15.4 Å². The summed E-state index contributed by atoms with van der Waals surface area (Å²) in [5.41, 5.74) is 7.62. The van der Waals surface area contributed by atoms with Crippen molar-refractivity contribution in [1.82, 2.24) is 4.98 Å². The number of pyridine rings is 1. The van der Waals surface area contributed by atoms with Gasteiger partial charge in [-0.15, -0.1) is 0 Å². The molecular formula is C23H19Cl2N3O5. The van der Waals surface area contributed by atoms with Crippen molar-refractivity contribution in [2.24, 2.45) is 5.73 Å². The number of aldehydes is 1. The van der Waals surface area contributed by atoms with Crippen molar-refractivity contribution >= 4 is 68.7 Å². The average molecular weight is 488 g/mol. The normalized spacial score (nSPS) is 12.1. The molecule has 2 aromatic carbocycles. The van der Waals surface area contributed by atoms with E-state index < -0.39 is 12.1 Å². The molecule has 2 N–H and O–H groups in total. The number of amides is 1. The van der Waals surface area contributed by atoms with E-state index in [-0.39, 0.29) is 22.2 Å². The molecule has 1 atom stereocenters. The number of aromatic nitrogens is 1. The highest BCUT2D eigenvalue weighted by molar-refractivity contribution is 6.39. The molecule has 170 valence electrons. The maximum atomic E-state index is 12.1. The number of primary amides is 1. The maximum Gasteiger partial charge on any atom is 0.249 e. The fourth-order valence-electron chi connectivity index (χ4n) is 3.74. The fraction of sp³-hybridized carbons (Fsp3) is 0.174. The van der Waals surface area contributed by atoms with Crippen LogP contribution in [-0.2, 0) is 9.53 Å². The molecule has 0 aliphatic heterocycles. The number of carbonyl (C=O) groups is 2. The van der Waals surface area contributed by atoms with Crippen LogP contribution in [0.1, 0.15) is 17.3 Å². The Morgan fingerprint density at radius 1 is 1.24 bits per heavy atom. The first kappa shape index (κ1) is 22.8. The highest BCUT2D eigenvalue weighted by Gasteiger charge is 2.27. The standard InChI is InChI=1S/C23H19Cl2N3O5/c1-3-32-19(11-29)28(21-15(24)9-27-10-16(21)25)12-4-6-17-14(8-12)20-13(23(26)30)5-7-18(31-2)22(20)33-17/h4-11,19H,3H2,1-2H3,(H2,26,30). The number of nitrogens with two attached hydrogens (primary N) is 1. The molecule has 0 aliphatic carbocycles. The zero-order valence-electron chi connectivity index (χ0n) is 17.7. The van der Waals surface area contributed by atoms with Gasteiger partial charge in [0, 0.05) is 35.5 Å². The highest BCUT2D eigenvalue weighted by atomic mass is 35.5. The lowest BCUT2D eigenvalue weighted by Crippen LogP contribution is -2.35. The molecule has 1 unspecified atom stereocenters. The second kappa shape index (κ2) is 9.27. The van der Waals surface area contributed by atoms with E-state index in [1.165, 1.54) is 19.5 Å². The van der Waals surface area contributed by atoms with Gasteiger partial charge < -0.3 is 24.5 Å². The summed E-state index contributed by atoms with van der Waals surface area (Å²) >= 11 is 12.8. The van der Waals surface area contributed by atoms with Crippen molar-refractivity contribution in [1.29, 1.82) is 0 Å². The number of nitrogens with zero attached hydrogens (tertiary/aromatic N) is 2. The van der Waals surface area contributed by atoms with Gasteiger partial charge in [0.05, 0.1) is 28.4 Å². The molecule has 0 spiro atoms. The third-order valence-corrected chi connectivity index (χ3v) is 5.66. The third-order valence-electron chi connectivity index (χ3n) is 5.11. The number of hydrogen-bond acceptors (Lipinski definition) is 7. The van der Waals surface area contributed by atoms with Crippen LogP contribution in [0.3, 0.4) is 0 Å². The van der Waals surface area contributed by atoms with Crippen LogP contribution in [-0.4, -0.2) is 37.1 Å². The van der Waals surface area contributed by atoms with Crippen molar-refractivity contribution in [2.75, 3.05) is 18.6 Å². The van der Waals surface area contributed by atoms with Crippen molar-refractivity contribution in [3.8, 4) is 5.75 Å². The molecule has 0 saturated carbocycles. The Morgan fingerprint density at radius 3 is 2.58 bits per heavy atom. The topological polar surface area (TPSA) is 108 Å². The second-order valence-corrected chi connectivity index (χ2v) is 7.78. The first-order chi connectivity index (χ1) is 15.9. The van der Waals surface area contributed by atoms with E-state index in [2.05, 4.69) is 4.98 Å². The molecule has 0 bridgehead atoms. The van der Waals surface area contributed by atoms with Crippen molar-refractivity contribution in [3.05, 3.63) is 58.3 Å². The SMILES string of the molecule is CCOC(C=O)N(c1ccc2oc3c(OC)ccc(C(N)=O)c3c2c1)c1c(Cl)cncc1Cl. The molecule has 0 fully saturated rings. The van der Waals surface area contributed by atoms with Crippen molar-refractivity contribution in [3.63, 3.8) is 0 Å². The lowest BCUT2D eigenvalue weighted by Gasteiger charge is -2.31. The minimum atomic E-state index is -1.03. The van der Waals surface area contributed by atoms with Gasteiger partial charge in [0.15, 0.2) is 23.8 Å². The molecule has 33 heavy (non-hydrogen) atoms. The first-order valence-corrected chi connectivity index (χ1v) is 10.6. The number of rotatable bonds is 8. The number of ether oxygens (including phenoxy) is 2. The quantitative estimate of drug-likeness (QED) is 0.272. The molecule has 4 aromatic rings. The molecule has 1 amide bonds. The number of benzene rings is 2. The maximum absolute atomic E-state index is 12.1. The van der Waals surface area contributed by atoms with E-state index in [1.54, 1.807) is 42.2 Å². The number of halogens is 2. The van der Waals surface area contributed by atoms with Crippen LogP contribution >= 0.6 is 23.2 Å². The van der Waals surface area contributed by atoms with E-state index >= 15 is 0 Å². The van der Waals surface area contributed by atoms with Gasteiger partial charge in [-0.1, -0.05) is 23.2 Å². The largest absolute Gasteiger partial charge is 0.493 e. The Bertz CT molecular complexity index is 1350. The molecule has 8 nitrogen and oxygen atoms in total. The molecule has 0 aliphatic rings. The predicted octanol–water partition coefficient (Wildman–Crippen LogP) is 5.09. The van der Waals surface area contributed by atoms with Crippen molar-refractivity contribution < 1.29 is 23.5 Å². The molecule has 2 heterocycles. The minimum Gasteiger partial charge on any atom is -0.493 e. The van der Waals surface area contributed by atoms with Crippen LogP contribution in [0.4, 0.5) is 11.4 Å². The van der Waals surface area contributed by atoms with E-state index in [0.29, 0.717) is 45.3 Å². The molecule has 0 saturated heterocycles. The van der Waals surface area contributed by atoms with E-state index in [0.717, 1.165) is 0 Å². The Kier molecular flexibility index (Phi) is 6.42. The van der Waals surface area contributed by atoms with Gasteiger partial charge in [-0.25, -0.2) is 0 Å². The van der Waals surface area contributed by atoms with Gasteiger partial charge in [0.2, 0.25) is 5.91 Å². The average Bonchev–Trinajstić information content (AvgIpc) is 3.18. The van der Waals surface area contributed by atoms with Crippen LogP contribution in [0.2, 0.25) is 10.0 Å².